The molecule has 1 unspecified atom stereocenters. The van der Waals surface area contributed by atoms with E-state index in [0.717, 1.165) is 56.7 Å². The summed E-state index contributed by atoms with van der Waals surface area (Å²) >= 11 is 0. The van der Waals surface area contributed by atoms with E-state index >= 15 is 0 Å². The molecule has 2 aromatic rings. The average Bonchev–Trinajstić information content (AvgIpc) is 1.60. The van der Waals surface area contributed by atoms with Crippen LogP contribution in [0.2, 0.25) is 0 Å². The number of likely N-dealkylation sites (N-methyl/N-ethyl adjacent to an activating group) is 3. The zero-order valence-corrected chi connectivity index (χ0v) is 70.5. The second-order valence-electron chi connectivity index (χ2n) is 30.4. The van der Waals surface area contributed by atoms with Gasteiger partial charge in [-0.3, -0.25) is 19.3 Å². The molecule has 109 heavy (non-hydrogen) atoms. The van der Waals surface area contributed by atoms with Gasteiger partial charge in [0.15, 0.2) is 17.2 Å². The number of ether oxygens (including phenoxy) is 6. The molecule has 2 aliphatic heterocycles. The standard InChI is InChI=1S/C23H26FN3O4.C13H23NO4.C11H22N4O2.C11H23NO3.C9H19NO3.C6H16N2.C5H8O2/c1-14-4-3-11-27-19(25(14)2)13-26-12-17(21(29)22(30)20(26)23(27)31)18(28)10-7-15-5-8-16(24)9-6-15;1-7-17-11(15)9-8-10(2)14(6)12(16)18-13(3,4)5;1-9(7-6-8-13-14-12)15(5)10(16)17-11(2,3)4;1-9(7-6-8-13)12(5)10(14)15-11(2,3)4;1-7(6-11)10(5)8(12)13-9(2,3)4;1-6(8-2)4-3-5-7;1-3-5(6)7-4-2/h5-6,8-9,12,14,19,30H,3-4,7,10-11,13H2,1-2H3;8-10H,7H2,1-6H3;9H,6-8H2,1-5H3;9,13H,6-8H2,1-5H3;7,11H,6H2,1-5H3;6,8H,3-5,7H2,1-2H3;3H,1,4H2,2H3/b;9-8+;;;;;/t14-,19?;10-;2*9-;7-;6-;/m000000./s1. The van der Waals surface area contributed by atoms with Crippen LogP contribution in [0, 0.1) is 5.82 Å². The molecular formula is C78H137FN12O18. The molecule has 6 N–H and O–H groups in total. The lowest BCUT2D eigenvalue weighted by molar-refractivity contribution is -0.138. The normalized spacial score (nSPS) is 15.2. The SMILES string of the molecule is C=CC(=O)OCC.CCOC(=O)/C=C/[C@H](C)N(C)C(=O)OC(C)(C)C.CN[C@@H](C)CCCN.C[C@@H](CCCN=[N+]=[N-])N(C)C(=O)OC(C)(C)C.C[C@@H](CCCO)N(C)C(=O)OC(C)(C)C.C[C@@H](CO)N(C)C(=O)OC(C)(C)C.C[C@H]1CCCN2C(=O)c3c(O)c(=O)c(C(=O)CCc4ccc(F)cc4)cn3CC2N1C. The van der Waals surface area contributed by atoms with Gasteiger partial charge in [-0.05, 0) is 240 Å². The number of Topliss-reactive ketones (excluding diaryl/α,β-unsaturated/α-hetero) is 1. The highest BCUT2D eigenvalue weighted by atomic mass is 19.1. The van der Waals surface area contributed by atoms with E-state index in [-0.39, 0.29) is 91.2 Å². The number of nitrogens with zero attached hydrogens (tertiary/aromatic N) is 10. The largest absolute Gasteiger partial charge is 0.503 e. The van der Waals surface area contributed by atoms with Crippen LogP contribution >= 0.6 is 0 Å². The second kappa shape index (κ2) is 53.5. The number of aromatic nitrogens is 1. The van der Waals surface area contributed by atoms with Crippen LogP contribution < -0.4 is 16.5 Å². The predicted molar refractivity (Wildman–Crippen MR) is 423 cm³/mol. The van der Waals surface area contributed by atoms with E-state index in [4.69, 9.17) is 45.2 Å². The first kappa shape index (κ1) is 105. The van der Waals surface area contributed by atoms with Crippen LogP contribution in [-0.2, 0) is 51.0 Å². The molecule has 5 amide bonds. The summed E-state index contributed by atoms with van der Waals surface area (Å²) in [6.07, 6.45) is 11.3. The van der Waals surface area contributed by atoms with Crippen LogP contribution in [-0.4, -0.2) is 250 Å². The number of nitrogens with two attached hydrogens (primary N) is 1. The van der Waals surface area contributed by atoms with Crippen molar-refractivity contribution >= 4 is 48.0 Å². The Balaban J connectivity index is -0.00000127. The number of ketones is 1. The fraction of sp³-hybridized carbons (Fsp3) is 0.705. The van der Waals surface area contributed by atoms with Crippen LogP contribution in [0.1, 0.15) is 223 Å². The molecule has 624 valence electrons. The molecular weight excluding hydrogens is 1410 g/mol. The first-order valence-corrected chi connectivity index (χ1v) is 37.2. The fourth-order valence-electron chi connectivity index (χ4n) is 9.21. The van der Waals surface area contributed by atoms with Crippen LogP contribution in [0.15, 0.2) is 65.2 Å². The van der Waals surface area contributed by atoms with E-state index in [1.807, 2.05) is 90.3 Å². The Bertz CT molecular complexity index is 3190. The zero-order chi connectivity index (χ0) is 84.9. The predicted octanol–water partition coefficient (Wildman–Crippen LogP) is 12.4. The number of halogens is 1. The first-order chi connectivity index (χ1) is 50.4. The van der Waals surface area contributed by atoms with Gasteiger partial charge in [-0.1, -0.05) is 29.9 Å². The van der Waals surface area contributed by atoms with E-state index in [9.17, 15) is 52.6 Å². The number of hydrogen-bond donors (Lipinski definition) is 5. The minimum Gasteiger partial charge on any atom is -0.503 e. The smallest absolute Gasteiger partial charge is 0.410 e. The molecule has 0 radical (unpaired) electrons. The van der Waals surface area contributed by atoms with Gasteiger partial charge >= 0.3 is 36.3 Å². The van der Waals surface area contributed by atoms with Crippen LogP contribution in [0.5, 0.6) is 5.75 Å². The Morgan fingerprint density at radius 3 is 1.61 bits per heavy atom. The van der Waals surface area contributed by atoms with Crippen molar-refractivity contribution in [3.63, 3.8) is 0 Å². The molecule has 7 atom stereocenters. The fourth-order valence-corrected chi connectivity index (χ4v) is 9.21. The maximum absolute atomic E-state index is 13.1. The molecule has 1 aromatic heterocycles. The van der Waals surface area contributed by atoms with Gasteiger partial charge < -0.3 is 83.9 Å². The quantitative estimate of drug-likeness (QED) is 0.00901. The van der Waals surface area contributed by atoms with Gasteiger partial charge in [0.2, 0.25) is 5.43 Å². The number of fused-ring (bicyclic) bond motifs is 2. The van der Waals surface area contributed by atoms with E-state index in [1.54, 1.807) is 114 Å². The lowest BCUT2D eigenvalue weighted by Crippen LogP contribution is -2.56. The van der Waals surface area contributed by atoms with E-state index in [0.29, 0.717) is 51.7 Å². The third-order valence-corrected chi connectivity index (χ3v) is 16.4. The van der Waals surface area contributed by atoms with Gasteiger partial charge in [0.05, 0.1) is 44.0 Å². The molecule has 2 aliphatic rings. The average molecular weight is 1550 g/mol. The van der Waals surface area contributed by atoms with E-state index in [2.05, 4.69) is 45.4 Å². The topological polar surface area (TPSA) is 381 Å². The summed E-state index contributed by atoms with van der Waals surface area (Å²) in [5.41, 5.74) is 11.3. The lowest BCUT2D eigenvalue weighted by atomic mass is 10.0. The van der Waals surface area contributed by atoms with E-state index in [1.165, 1.54) is 40.6 Å². The molecule has 0 bridgehead atoms. The maximum atomic E-state index is 13.1. The summed E-state index contributed by atoms with van der Waals surface area (Å²) in [5.74, 6) is -2.61. The van der Waals surface area contributed by atoms with Gasteiger partial charge in [0, 0.05) is 102 Å². The Morgan fingerprint density at radius 2 is 1.19 bits per heavy atom. The van der Waals surface area contributed by atoms with Gasteiger partial charge in [0.1, 0.15) is 34.4 Å². The Labute approximate surface area is 648 Å². The van der Waals surface area contributed by atoms with Crippen molar-refractivity contribution in [3.8, 4) is 5.75 Å². The van der Waals surface area contributed by atoms with Gasteiger partial charge in [-0.2, -0.15) is 0 Å². The molecule has 0 aliphatic carbocycles. The monoisotopic (exact) mass is 1550 g/mol. The second-order valence-corrected chi connectivity index (χ2v) is 30.4. The van der Waals surface area contributed by atoms with Gasteiger partial charge in [-0.25, -0.2) is 33.2 Å². The maximum Gasteiger partial charge on any atom is 0.410 e. The molecule has 1 aromatic carbocycles. The summed E-state index contributed by atoms with van der Waals surface area (Å²) in [5, 5.41) is 34.6. The summed E-state index contributed by atoms with van der Waals surface area (Å²) in [7, 11) is 10.6. The number of amides is 5. The third kappa shape index (κ3) is 46.0. The van der Waals surface area contributed by atoms with Crippen molar-refractivity contribution in [1.29, 1.82) is 0 Å². The molecule has 31 heteroatoms. The number of hydrogen-bond acceptors (Lipinski definition) is 22. The van der Waals surface area contributed by atoms with Crippen LogP contribution in [0.3, 0.4) is 0 Å². The Hall–Kier alpha value is -8.35. The Kier molecular flexibility index (Phi) is 51.4. The number of aliphatic hydroxyl groups is 2. The number of nitrogens with one attached hydrogen (secondary N) is 1. The molecule has 0 saturated carbocycles. The van der Waals surface area contributed by atoms with E-state index < -0.39 is 63.4 Å². The van der Waals surface area contributed by atoms with Crippen molar-refractivity contribution in [2.45, 2.75) is 274 Å². The van der Waals surface area contributed by atoms with Crippen molar-refractivity contribution in [2.75, 3.05) is 88.3 Å². The lowest BCUT2D eigenvalue weighted by Gasteiger charge is -2.42. The number of rotatable bonds is 25. The molecule has 0 spiro atoms. The number of aryl methyl sites for hydroxylation is 1. The Morgan fingerprint density at radius 1 is 0.734 bits per heavy atom. The minimum absolute atomic E-state index is 0.0418. The minimum atomic E-state index is -0.821. The number of esters is 2. The van der Waals surface area contributed by atoms with Gasteiger partial charge in [0.25, 0.3) is 5.91 Å². The number of azide groups is 1. The van der Waals surface area contributed by atoms with Crippen molar-refractivity contribution in [3.05, 3.63) is 98.6 Å². The van der Waals surface area contributed by atoms with Crippen molar-refractivity contribution in [1.82, 2.24) is 39.3 Å². The summed E-state index contributed by atoms with van der Waals surface area (Å²) in [4.78, 5) is 119. The number of carbonyl (C=O) groups is 8. The number of pyridine rings is 1. The highest BCUT2D eigenvalue weighted by molar-refractivity contribution is 6.00. The number of aromatic hydroxyl groups is 1. The number of benzene rings is 1. The van der Waals surface area contributed by atoms with Gasteiger partial charge in [-0.15, -0.1) is 0 Å². The summed E-state index contributed by atoms with van der Waals surface area (Å²) in [6, 6.07) is 6.44. The highest BCUT2D eigenvalue weighted by Crippen LogP contribution is 2.29. The third-order valence-electron chi connectivity index (χ3n) is 16.4. The molecule has 4 rings (SSSR count). The molecule has 1 saturated heterocycles. The highest BCUT2D eigenvalue weighted by Gasteiger charge is 2.40. The van der Waals surface area contributed by atoms with Crippen molar-refractivity contribution < 1.29 is 86.5 Å². The molecule has 30 nitrogen and oxygen atoms in total. The molecule has 3 heterocycles. The summed E-state index contributed by atoms with van der Waals surface area (Å²) < 4.78 is 44.6. The number of carbonyl (C=O) groups excluding carboxylic acids is 8. The van der Waals surface area contributed by atoms with Crippen LogP contribution in [0.25, 0.3) is 10.4 Å². The first-order valence-electron chi connectivity index (χ1n) is 37.2. The molecule has 1 fully saturated rings. The summed E-state index contributed by atoms with van der Waals surface area (Å²) in [6.45, 7) is 43.3. The van der Waals surface area contributed by atoms with Crippen molar-refractivity contribution in [2.24, 2.45) is 10.8 Å². The van der Waals surface area contributed by atoms with Crippen LogP contribution in [0.4, 0.5) is 23.6 Å². The number of aliphatic hydroxyl groups excluding tert-OH is 2. The zero-order valence-electron chi connectivity index (χ0n) is 70.5.